The summed E-state index contributed by atoms with van der Waals surface area (Å²) in [6.45, 7) is 2.11. The first-order valence-electron chi connectivity index (χ1n) is 4.95. The smallest absolute Gasteiger partial charge is 0.166 e. The van der Waals surface area contributed by atoms with E-state index in [1.165, 1.54) is 0 Å². The van der Waals surface area contributed by atoms with Gasteiger partial charge in [-0.3, -0.25) is 0 Å². The Morgan fingerprint density at radius 1 is 1.13 bits per heavy atom. The summed E-state index contributed by atoms with van der Waals surface area (Å²) in [6.07, 6.45) is -0.875. The lowest BCUT2D eigenvalue weighted by molar-refractivity contribution is -0.137. The molecular weight excluding hydrogens is 220 g/mol. The van der Waals surface area contributed by atoms with Crippen molar-refractivity contribution < 1.29 is 13.2 Å². The van der Waals surface area contributed by atoms with E-state index in [1.54, 1.807) is 12.1 Å². The Hall–Kier alpha value is -0.560. The van der Waals surface area contributed by atoms with Crippen LogP contribution >= 0.6 is 8.58 Å². The highest BCUT2D eigenvalue weighted by Gasteiger charge is 2.29. The van der Waals surface area contributed by atoms with Gasteiger partial charge in [-0.25, -0.2) is 0 Å². The van der Waals surface area contributed by atoms with Gasteiger partial charge in [0.1, 0.15) is 0 Å². The van der Waals surface area contributed by atoms with Crippen molar-refractivity contribution in [2.75, 3.05) is 6.16 Å². The molecule has 1 aromatic rings. The van der Waals surface area contributed by atoms with Crippen LogP contribution in [0.25, 0.3) is 0 Å². The number of alkyl halides is 3. The van der Waals surface area contributed by atoms with E-state index in [2.05, 4.69) is 6.92 Å². The Bertz CT molecular complexity index is 290. The van der Waals surface area contributed by atoms with E-state index in [9.17, 15) is 13.2 Å². The molecule has 0 nitrogen and oxygen atoms in total. The van der Waals surface area contributed by atoms with Gasteiger partial charge in [0.2, 0.25) is 0 Å². The minimum Gasteiger partial charge on any atom is -0.166 e. The summed E-state index contributed by atoms with van der Waals surface area (Å²) in [6, 6.07) is 5.48. The summed E-state index contributed by atoms with van der Waals surface area (Å²) >= 11 is 0. The van der Waals surface area contributed by atoms with Crippen LogP contribution in [0.3, 0.4) is 0 Å². The van der Waals surface area contributed by atoms with E-state index in [0.717, 1.165) is 36.4 Å². The van der Waals surface area contributed by atoms with E-state index in [1.807, 2.05) is 0 Å². The Balaban J connectivity index is 2.57. The molecule has 0 fully saturated rings. The fraction of sp³-hybridized carbons (Fsp3) is 0.455. The van der Waals surface area contributed by atoms with Crippen LogP contribution in [-0.2, 0) is 6.18 Å². The molecule has 1 aromatic carbocycles. The minimum atomic E-state index is -4.22. The minimum absolute atomic E-state index is 0.563. The van der Waals surface area contributed by atoms with Crippen molar-refractivity contribution in [2.24, 2.45) is 0 Å². The second kappa shape index (κ2) is 5.50. The zero-order chi connectivity index (χ0) is 11.3. The van der Waals surface area contributed by atoms with Crippen LogP contribution in [0, 0.1) is 0 Å². The van der Waals surface area contributed by atoms with Crippen LogP contribution in [0.15, 0.2) is 24.3 Å². The molecule has 0 aliphatic rings. The molecular formula is C11H14F3P. The van der Waals surface area contributed by atoms with Crippen molar-refractivity contribution in [1.29, 1.82) is 0 Å². The maximum absolute atomic E-state index is 12.2. The Kier molecular flexibility index (Phi) is 4.59. The highest BCUT2D eigenvalue weighted by atomic mass is 31.1. The van der Waals surface area contributed by atoms with Gasteiger partial charge in [-0.15, -0.1) is 0 Å². The monoisotopic (exact) mass is 234 g/mol. The number of halogens is 3. The molecule has 1 rings (SSSR count). The molecule has 1 unspecified atom stereocenters. The summed E-state index contributed by atoms with van der Waals surface area (Å²) < 4.78 is 36.7. The van der Waals surface area contributed by atoms with Crippen LogP contribution in [0.4, 0.5) is 13.2 Å². The predicted molar refractivity (Wildman–Crippen MR) is 59.2 cm³/mol. The van der Waals surface area contributed by atoms with Crippen LogP contribution in [0.5, 0.6) is 0 Å². The number of benzene rings is 1. The van der Waals surface area contributed by atoms with E-state index < -0.39 is 11.7 Å². The quantitative estimate of drug-likeness (QED) is 0.549. The summed E-state index contributed by atoms with van der Waals surface area (Å²) in [5.41, 5.74) is -0.563. The van der Waals surface area contributed by atoms with Crippen molar-refractivity contribution in [2.45, 2.75) is 25.9 Å². The van der Waals surface area contributed by atoms with Crippen molar-refractivity contribution in [3.8, 4) is 0 Å². The SMILES string of the molecule is CCCCPc1ccc(C(F)(F)F)cc1. The van der Waals surface area contributed by atoms with E-state index in [0.29, 0.717) is 8.58 Å². The Labute approximate surface area is 89.7 Å². The molecule has 0 saturated carbocycles. The van der Waals surface area contributed by atoms with Gasteiger partial charge in [0.25, 0.3) is 0 Å². The van der Waals surface area contributed by atoms with Gasteiger partial charge in [-0.05, 0) is 30.0 Å². The molecule has 4 heteroatoms. The highest BCUT2D eigenvalue weighted by Crippen LogP contribution is 2.28. The van der Waals surface area contributed by atoms with Crippen molar-refractivity contribution in [3.05, 3.63) is 29.8 Å². The normalized spacial score (nSPS) is 12.5. The summed E-state index contributed by atoms with van der Waals surface area (Å²) in [5.74, 6) is 0. The predicted octanol–water partition coefficient (Wildman–Crippen LogP) is 3.81. The third-order valence-electron chi connectivity index (χ3n) is 2.07. The van der Waals surface area contributed by atoms with E-state index in [-0.39, 0.29) is 0 Å². The zero-order valence-electron chi connectivity index (χ0n) is 8.56. The lowest BCUT2D eigenvalue weighted by Crippen LogP contribution is -2.06. The summed E-state index contributed by atoms with van der Waals surface area (Å²) in [7, 11) is 0.624. The maximum atomic E-state index is 12.2. The summed E-state index contributed by atoms with van der Waals surface area (Å²) in [5, 5.41) is 1.01. The fourth-order valence-corrected chi connectivity index (χ4v) is 2.41. The highest BCUT2D eigenvalue weighted by molar-refractivity contribution is 7.47. The third-order valence-corrected chi connectivity index (χ3v) is 3.42. The molecule has 0 amide bonds. The number of unbranched alkanes of at least 4 members (excludes halogenated alkanes) is 1. The van der Waals surface area contributed by atoms with Gasteiger partial charge >= 0.3 is 6.18 Å². The van der Waals surface area contributed by atoms with Crippen LogP contribution in [-0.4, -0.2) is 6.16 Å². The van der Waals surface area contributed by atoms with E-state index >= 15 is 0 Å². The van der Waals surface area contributed by atoms with E-state index in [4.69, 9.17) is 0 Å². The Morgan fingerprint density at radius 3 is 2.20 bits per heavy atom. The van der Waals surface area contributed by atoms with Gasteiger partial charge in [-0.2, -0.15) is 13.2 Å². The van der Waals surface area contributed by atoms with Crippen LogP contribution < -0.4 is 5.30 Å². The van der Waals surface area contributed by atoms with Crippen LogP contribution in [0.1, 0.15) is 25.3 Å². The molecule has 0 N–H and O–H groups in total. The van der Waals surface area contributed by atoms with Gasteiger partial charge in [0.15, 0.2) is 0 Å². The van der Waals surface area contributed by atoms with Crippen molar-refractivity contribution >= 4 is 13.9 Å². The largest absolute Gasteiger partial charge is 0.416 e. The Morgan fingerprint density at radius 2 is 1.73 bits per heavy atom. The standard InChI is InChI=1S/C11H14F3P/c1-2-3-8-15-10-6-4-9(5-7-10)11(12,13)14/h4-7,15H,2-3,8H2,1H3. The molecule has 0 spiro atoms. The number of hydrogen-bond donors (Lipinski definition) is 0. The molecule has 0 radical (unpaired) electrons. The number of hydrogen-bond acceptors (Lipinski definition) is 0. The molecule has 0 aromatic heterocycles. The average Bonchev–Trinajstić information content (AvgIpc) is 2.18. The van der Waals surface area contributed by atoms with Gasteiger partial charge in [0, 0.05) is 0 Å². The summed E-state index contributed by atoms with van der Waals surface area (Å²) in [4.78, 5) is 0. The van der Waals surface area contributed by atoms with Gasteiger partial charge < -0.3 is 0 Å². The van der Waals surface area contributed by atoms with Crippen molar-refractivity contribution in [3.63, 3.8) is 0 Å². The first-order valence-corrected chi connectivity index (χ1v) is 6.16. The molecule has 15 heavy (non-hydrogen) atoms. The average molecular weight is 234 g/mol. The topological polar surface area (TPSA) is 0 Å². The van der Waals surface area contributed by atoms with Crippen molar-refractivity contribution in [1.82, 2.24) is 0 Å². The molecule has 0 heterocycles. The molecule has 84 valence electrons. The lowest BCUT2D eigenvalue weighted by Gasteiger charge is -2.07. The fourth-order valence-electron chi connectivity index (χ4n) is 1.19. The molecule has 1 atom stereocenters. The molecule has 0 bridgehead atoms. The first kappa shape index (κ1) is 12.5. The molecule has 0 aliphatic carbocycles. The molecule has 0 saturated heterocycles. The van der Waals surface area contributed by atoms with Crippen LogP contribution in [0.2, 0.25) is 0 Å². The lowest BCUT2D eigenvalue weighted by atomic mass is 10.2. The third kappa shape index (κ3) is 4.21. The van der Waals surface area contributed by atoms with Gasteiger partial charge in [-0.1, -0.05) is 34.1 Å². The second-order valence-electron chi connectivity index (χ2n) is 3.36. The molecule has 0 aliphatic heterocycles. The zero-order valence-corrected chi connectivity index (χ0v) is 9.56. The first-order chi connectivity index (χ1) is 7.04. The number of rotatable bonds is 4. The maximum Gasteiger partial charge on any atom is 0.416 e. The van der Waals surface area contributed by atoms with Gasteiger partial charge in [0.05, 0.1) is 5.56 Å². The second-order valence-corrected chi connectivity index (χ2v) is 4.79.